The Hall–Kier alpha value is -1.03. The first kappa shape index (κ1) is 11.1. The lowest BCUT2D eigenvalue weighted by Gasteiger charge is -2.17. The number of aryl methyl sites for hydroxylation is 1. The second kappa shape index (κ2) is 4.33. The Kier molecular flexibility index (Phi) is 2.82. The predicted molar refractivity (Wildman–Crippen MR) is 74.8 cm³/mol. The molecule has 0 amide bonds. The van der Waals surface area contributed by atoms with E-state index >= 15 is 0 Å². The molecule has 90 valence electrons. The Balaban J connectivity index is 1.98. The molecule has 1 aromatic heterocycles. The molecule has 1 aliphatic rings. The fraction of sp³-hybridized carbons (Fsp3) is 0.462. The fourth-order valence-corrected chi connectivity index (χ4v) is 3.08. The van der Waals surface area contributed by atoms with Gasteiger partial charge in [-0.05, 0) is 24.5 Å². The third-order valence-corrected chi connectivity index (χ3v) is 4.47. The van der Waals surface area contributed by atoms with Gasteiger partial charge in [0.05, 0.1) is 11.0 Å². The number of imidazole rings is 1. The number of fused-ring (bicyclic) bond motifs is 1. The number of nitrogens with zero attached hydrogens (tertiary/aromatic N) is 3. The smallest absolute Gasteiger partial charge is 0.206 e. The molecule has 1 aromatic carbocycles. The number of anilines is 1. The summed E-state index contributed by atoms with van der Waals surface area (Å²) in [6.45, 7) is 2.23. The van der Waals surface area contributed by atoms with E-state index in [1.807, 2.05) is 6.07 Å². The van der Waals surface area contributed by atoms with Gasteiger partial charge in [0.1, 0.15) is 0 Å². The van der Waals surface area contributed by atoms with E-state index in [0.29, 0.717) is 0 Å². The molecule has 0 N–H and O–H groups in total. The summed E-state index contributed by atoms with van der Waals surface area (Å²) in [5.74, 6) is 1.87. The molecule has 2 aromatic rings. The first-order valence-corrected chi connectivity index (χ1v) is 7.14. The van der Waals surface area contributed by atoms with Gasteiger partial charge < -0.3 is 9.47 Å². The summed E-state index contributed by atoms with van der Waals surface area (Å²) >= 11 is 3.58. The Morgan fingerprint density at radius 1 is 1.41 bits per heavy atom. The highest BCUT2D eigenvalue weighted by atomic mass is 79.9. The van der Waals surface area contributed by atoms with Gasteiger partial charge in [0.25, 0.3) is 0 Å². The zero-order valence-electron chi connectivity index (χ0n) is 9.93. The fourth-order valence-electron chi connectivity index (χ4n) is 2.56. The Morgan fingerprint density at radius 2 is 2.24 bits per heavy atom. The van der Waals surface area contributed by atoms with E-state index in [4.69, 9.17) is 4.98 Å². The minimum Gasteiger partial charge on any atom is -0.342 e. The number of aromatic nitrogens is 2. The third-order valence-electron chi connectivity index (χ3n) is 3.55. The maximum atomic E-state index is 4.74. The lowest BCUT2D eigenvalue weighted by molar-refractivity contribution is 0.673. The van der Waals surface area contributed by atoms with Crippen molar-refractivity contribution in [2.75, 3.05) is 23.3 Å². The minimum atomic E-state index is 0.759. The third kappa shape index (κ3) is 1.84. The summed E-state index contributed by atoms with van der Waals surface area (Å²) in [6, 6.07) is 8.32. The van der Waals surface area contributed by atoms with Crippen molar-refractivity contribution in [3.63, 3.8) is 0 Å². The zero-order chi connectivity index (χ0) is 11.8. The second-order valence-corrected chi connectivity index (χ2v) is 5.36. The monoisotopic (exact) mass is 293 g/mol. The standard InChI is InChI=1S/C13H16BrN3/c1-16-12-5-3-2-4-11(12)15-13(16)17-7-6-10(8-14)9-17/h2-5,10H,6-9H2,1H3. The molecule has 2 heterocycles. The van der Waals surface area contributed by atoms with Crippen LogP contribution in [-0.2, 0) is 7.05 Å². The minimum absolute atomic E-state index is 0.759. The van der Waals surface area contributed by atoms with Crippen LogP contribution in [0.4, 0.5) is 5.95 Å². The van der Waals surface area contributed by atoms with E-state index < -0.39 is 0 Å². The Morgan fingerprint density at radius 3 is 2.94 bits per heavy atom. The Labute approximate surface area is 110 Å². The van der Waals surface area contributed by atoms with Crippen molar-refractivity contribution < 1.29 is 0 Å². The molecule has 0 saturated carbocycles. The van der Waals surface area contributed by atoms with Gasteiger partial charge in [-0.3, -0.25) is 0 Å². The van der Waals surface area contributed by atoms with Crippen molar-refractivity contribution in [2.24, 2.45) is 13.0 Å². The molecule has 17 heavy (non-hydrogen) atoms. The van der Waals surface area contributed by atoms with Gasteiger partial charge >= 0.3 is 0 Å². The first-order chi connectivity index (χ1) is 8.29. The lowest BCUT2D eigenvalue weighted by Crippen LogP contribution is -2.23. The normalized spacial score (nSPS) is 20.4. The van der Waals surface area contributed by atoms with E-state index in [2.05, 4.69) is 50.6 Å². The first-order valence-electron chi connectivity index (χ1n) is 6.02. The van der Waals surface area contributed by atoms with Crippen molar-refractivity contribution >= 4 is 32.9 Å². The van der Waals surface area contributed by atoms with Crippen molar-refractivity contribution in [1.82, 2.24) is 9.55 Å². The molecule has 1 aliphatic heterocycles. The van der Waals surface area contributed by atoms with Crippen LogP contribution in [0, 0.1) is 5.92 Å². The molecule has 3 rings (SSSR count). The van der Waals surface area contributed by atoms with Gasteiger partial charge in [0.15, 0.2) is 0 Å². The van der Waals surface area contributed by atoms with Crippen molar-refractivity contribution in [1.29, 1.82) is 0 Å². The van der Waals surface area contributed by atoms with Gasteiger partial charge in [0.2, 0.25) is 5.95 Å². The van der Waals surface area contributed by atoms with Gasteiger partial charge in [-0.25, -0.2) is 4.98 Å². The summed E-state index contributed by atoms with van der Waals surface area (Å²) in [5.41, 5.74) is 2.30. The van der Waals surface area contributed by atoms with E-state index in [-0.39, 0.29) is 0 Å². The lowest BCUT2D eigenvalue weighted by atomic mass is 10.2. The summed E-state index contributed by atoms with van der Waals surface area (Å²) in [7, 11) is 2.10. The van der Waals surface area contributed by atoms with Crippen LogP contribution in [0.5, 0.6) is 0 Å². The van der Waals surface area contributed by atoms with E-state index in [1.165, 1.54) is 11.9 Å². The molecule has 4 heteroatoms. The van der Waals surface area contributed by atoms with Crippen molar-refractivity contribution in [3.05, 3.63) is 24.3 Å². The molecular formula is C13H16BrN3. The van der Waals surface area contributed by atoms with Crippen LogP contribution < -0.4 is 4.90 Å². The van der Waals surface area contributed by atoms with E-state index in [9.17, 15) is 0 Å². The molecule has 1 atom stereocenters. The maximum Gasteiger partial charge on any atom is 0.206 e. The zero-order valence-corrected chi connectivity index (χ0v) is 11.5. The molecule has 0 bridgehead atoms. The summed E-state index contributed by atoms with van der Waals surface area (Å²) < 4.78 is 2.20. The molecular weight excluding hydrogens is 278 g/mol. The Bertz CT molecular complexity index is 534. The van der Waals surface area contributed by atoms with Gasteiger partial charge in [-0.2, -0.15) is 0 Å². The highest BCUT2D eigenvalue weighted by Gasteiger charge is 2.24. The summed E-state index contributed by atoms with van der Waals surface area (Å²) in [4.78, 5) is 7.13. The summed E-state index contributed by atoms with van der Waals surface area (Å²) in [6.07, 6.45) is 1.26. The van der Waals surface area contributed by atoms with Crippen LogP contribution in [0.25, 0.3) is 11.0 Å². The van der Waals surface area contributed by atoms with Gasteiger partial charge in [0, 0.05) is 25.5 Å². The number of hydrogen-bond acceptors (Lipinski definition) is 2. The van der Waals surface area contributed by atoms with Crippen LogP contribution in [0.3, 0.4) is 0 Å². The average Bonchev–Trinajstić information content (AvgIpc) is 2.95. The molecule has 0 aliphatic carbocycles. The van der Waals surface area contributed by atoms with E-state index in [0.717, 1.165) is 35.8 Å². The molecule has 1 fully saturated rings. The number of halogens is 1. The molecule has 3 nitrogen and oxygen atoms in total. The highest BCUT2D eigenvalue weighted by Crippen LogP contribution is 2.26. The van der Waals surface area contributed by atoms with Crippen LogP contribution in [-0.4, -0.2) is 28.0 Å². The quantitative estimate of drug-likeness (QED) is 0.794. The van der Waals surface area contributed by atoms with E-state index in [1.54, 1.807) is 0 Å². The van der Waals surface area contributed by atoms with Crippen LogP contribution >= 0.6 is 15.9 Å². The van der Waals surface area contributed by atoms with Crippen LogP contribution in [0.1, 0.15) is 6.42 Å². The van der Waals surface area contributed by atoms with Crippen molar-refractivity contribution in [2.45, 2.75) is 6.42 Å². The topological polar surface area (TPSA) is 21.1 Å². The van der Waals surface area contributed by atoms with Crippen LogP contribution in [0.15, 0.2) is 24.3 Å². The van der Waals surface area contributed by atoms with Gasteiger partial charge in [-0.15, -0.1) is 0 Å². The molecule has 0 spiro atoms. The predicted octanol–water partition coefficient (Wildman–Crippen LogP) is 2.79. The average molecular weight is 294 g/mol. The molecule has 0 radical (unpaired) electrons. The molecule has 1 saturated heterocycles. The number of benzene rings is 1. The van der Waals surface area contributed by atoms with Gasteiger partial charge in [-0.1, -0.05) is 28.1 Å². The SMILES string of the molecule is Cn1c(N2CCC(CBr)C2)nc2ccccc21. The number of hydrogen-bond donors (Lipinski definition) is 0. The van der Waals surface area contributed by atoms with Crippen LogP contribution in [0.2, 0.25) is 0 Å². The number of rotatable bonds is 2. The highest BCUT2D eigenvalue weighted by molar-refractivity contribution is 9.09. The number of alkyl halides is 1. The largest absolute Gasteiger partial charge is 0.342 e. The summed E-state index contributed by atoms with van der Waals surface area (Å²) in [5, 5.41) is 1.09. The maximum absolute atomic E-state index is 4.74. The second-order valence-electron chi connectivity index (χ2n) is 4.71. The van der Waals surface area contributed by atoms with Crippen molar-refractivity contribution in [3.8, 4) is 0 Å². The number of para-hydroxylation sites is 2. The molecule has 1 unspecified atom stereocenters.